The van der Waals surface area contributed by atoms with E-state index in [4.69, 9.17) is 0 Å². The van der Waals surface area contributed by atoms with Crippen LogP contribution >= 0.6 is 0 Å². The lowest BCUT2D eigenvalue weighted by molar-refractivity contribution is 0.150. The molecular formula is C15H25N3O3S. The van der Waals surface area contributed by atoms with Gasteiger partial charge in [-0.3, -0.25) is 4.98 Å². The molecule has 1 aromatic heterocycles. The van der Waals surface area contributed by atoms with Crippen LogP contribution in [0.3, 0.4) is 0 Å². The van der Waals surface area contributed by atoms with Crippen LogP contribution in [0.1, 0.15) is 43.8 Å². The molecule has 1 aliphatic rings. The van der Waals surface area contributed by atoms with Crippen molar-refractivity contribution < 1.29 is 13.5 Å². The highest BCUT2D eigenvalue weighted by Crippen LogP contribution is 2.25. The van der Waals surface area contributed by atoms with E-state index >= 15 is 0 Å². The Labute approximate surface area is 133 Å². The van der Waals surface area contributed by atoms with Crippen LogP contribution in [0, 0.1) is 0 Å². The van der Waals surface area contributed by atoms with Gasteiger partial charge in [-0.1, -0.05) is 25.3 Å². The van der Waals surface area contributed by atoms with E-state index in [9.17, 15) is 13.5 Å². The van der Waals surface area contributed by atoms with Crippen molar-refractivity contribution in [1.82, 2.24) is 13.6 Å². The maximum absolute atomic E-state index is 12.6. The van der Waals surface area contributed by atoms with Crippen LogP contribution in [0.4, 0.5) is 0 Å². The molecule has 0 saturated heterocycles. The van der Waals surface area contributed by atoms with Gasteiger partial charge in [0, 0.05) is 44.6 Å². The zero-order valence-electron chi connectivity index (χ0n) is 13.2. The maximum atomic E-state index is 12.6. The van der Waals surface area contributed by atoms with E-state index in [2.05, 4.69) is 4.98 Å². The minimum atomic E-state index is -3.56. The molecule has 1 aliphatic carbocycles. The highest BCUT2D eigenvalue weighted by atomic mass is 32.2. The van der Waals surface area contributed by atoms with Gasteiger partial charge in [-0.15, -0.1) is 0 Å². The summed E-state index contributed by atoms with van der Waals surface area (Å²) in [6.45, 7) is 0.0189. The number of hydrogen-bond acceptors (Lipinski definition) is 4. The molecule has 124 valence electrons. The van der Waals surface area contributed by atoms with E-state index in [1.165, 1.54) is 22.1 Å². The number of aromatic nitrogens is 1. The molecule has 1 N–H and O–H groups in total. The van der Waals surface area contributed by atoms with Crippen molar-refractivity contribution in [3.05, 3.63) is 30.1 Å². The van der Waals surface area contributed by atoms with Crippen molar-refractivity contribution in [3.8, 4) is 0 Å². The highest BCUT2D eigenvalue weighted by molar-refractivity contribution is 7.86. The monoisotopic (exact) mass is 327 g/mol. The average Bonchev–Trinajstić information content (AvgIpc) is 2.55. The molecule has 1 heterocycles. The van der Waals surface area contributed by atoms with Gasteiger partial charge in [-0.25, -0.2) is 0 Å². The van der Waals surface area contributed by atoms with Crippen molar-refractivity contribution in [3.63, 3.8) is 0 Å². The Kier molecular flexibility index (Phi) is 5.91. The summed E-state index contributed by atoms with van der Waals surface area (Å²) in [4.78, 5) is 3.95. The van der Waals surface area contributed by atoms with E-state index < -0.39 is 16.3 Å². The molecule has 1 saturated carbocycles. The average molecular weight is 327 g/mol. The number of hydrogen-bond donors (Lipinski definition) is 1. The van der Waals surface area contributed by atoms with Crippen LogP contribution < -0.4 is 0 Å². The zero-order chi connectivity index (χ0) is 16.2. The molecule has 0 bridgehead atoms. The third kappa shape index (κ3) is 4.04. The number of rotatable bonds is 6. The molecule has 0 amide bonds. The van der Waals surface area contributed by atoms with E-state index in [-0.39, 0.29) is 12.6 Å². The number of nitrogens with zero attached hydrogens (tertiary/aromatic N) is 3. The number of pyridine rings is 1. The Hall–Kier alpha value is -1.02. The predicted octanol–water partition coefficient (Wildman–Crippen LogP) is 1.56. The number of aliphatic hydroxyl groups is 1. The van der Waals surface area contributed by atoms with Gasteiger partial charge in [0.25, 0.3) is 10.2 Å². The quantitative estimate of drug-likeness (QED) is 0.860. The molecule has 1 fully saturated rings. The van der Waals surface area contributed by atoms with Gasteiger partial charge in [0.2, 0.25) is 0 Å². The third-order valence-electron chi connectivity index (χ3n) is 4.35. The fraction of sp³-hybridized carbons (Fsp3) is 0.667. The standard InChI is InChI=1S/C15H25N3O3S/c1-17(12-15(19)13-7-6-10-16-11-13)22(20,21)18(2)14-8-4-3-5-9-14/h6-7,10-11,14-15,19H,3-5,8-9,12H2,1-2H3. The summed E-state index contributed by atoms with van der Waals surface area (Å²) in [5.41, 5.74) is 0.616. The van der Waals surface area contributed by atoms with E-state index in [1.807, 2.05) is 0 Å². The normalized spacial score (nSPS) is 18.8. The fourth-order valence-electron chi connectivity index (χ4n) is 2.87. The first kappa shape index (κ1) is 17.3. The number of aliphatic hydroxyl groups excluding tert-OH is 1. The molecule has 1 aromatic rings. The van der Waals surface area contributed by atoms with Gasteiger partial charge >= 0.3 is 0 Å². The van der Waals surface area contributed by atoms with Gasteiger partial charge in [0.05, 0.1) is 6.10 Å². The van der Waals surface area contributed by atoms with Crippen LogP contribution in [-0.4, -0.2) is 53.8 Å². The predicted molar refractivity (Wildman–Crippen MR) is 85.4 cm³/mol. The molecule has 1 atom stereocenters. The van der Waals surface area contributed by atoms with Crippen LogP contribution in [0.25, 0.3) is 0 Å². The Balaban J connectivity index is 2.01. The summed E-state index contributed by atoms with van der Waals surface area (Å²) in [7, 11) is -0.410. The molecule has 0 spiro atoms. The molecule has 22 heavy (non-hydrogen) atoms. The second-order valence-corrected chi connectivity index (χ2v) is 7.99. The van der Waals surface area contributed by atoms with Gasteiger partial charge in [0.1, 0.15) is 0 Å². The Morgan fingerprint density at radius 2 is 2.00 bits per heavy atom. The number of likely N-dealkylation sites (N-methyl/N-ethyl adjacent to an activating group) is 1. The van der Waals surface area contributed by atoms with Crippen molar-refractivity contribution in [2.24, 2.45) is 0 Å². The van der Waals surface area contributed by atoms with E-state index in [0.717, 1.165) is 25.7 Å². The second kappa shape index (κ2) is 7.50. The molecule has 0 radical (unpaired) electrons. The molecule has 6 nitrogen and oxygen atoms in total. The van der Waals surface area contributed by atoms with Gasteiger partial charge in [-0.05, 0) is 18.9 Å². The van der Waals surface area contributed by atoms with Gasteiger partial charge < -0.3 is 5.11 Å². The Bertz CT molecular complexity index is 559. The van der Waals surface area contributed by atoms with Crippen LogP contribution in [0.5, 0.6) is 0 Å². The van der Waals surface area contributed by atoms with Crippen LogP contribution in [-0.2, 0) is 10.2 Å². The fourth-order valence-corrected chi connectivity index (χ4v) is 4.23. The maximum Gasteiger partial charge on any atom is 0.281 e. The smallest absolute Gasteiger partial charge is 0.281 e. The van der Waals surface area contributed by atoms with E-state index in [0.29, 0.717) is 5.56 Å². The van der Waals surface area contributed by atoms with Crippen molar-refractivity contribution in [2.45, 2.75) is 44.2 Å². The summed E-state index contributed by atoms with van der Waals surface area (Å²) < 4.78 is 27.9. The zero-order valence-corrected chi connectivity index (χ0v) is 14.0. The van der Waals surface area contributed by atoms with Crippen molar-refractivity contribution in [2.75, 3.05) is 20.6 Å². The minimum absolute atomic E-state index is 0.0189. The third-order valence-corrected chi connectivity index (χ3v) is 6.31. The van der Waals surface area contributed by atoms with Crippen molar-refractivity contribution in [1.29, 1.82) is 0 Å². The van der Waals surface area contributed by atoms with Crippen molar-refractivity contribution >= 4 is 10.2 Å². The summed E-state index contributed by atoms with van der Waals surface area (Å²) in [5.74, 6) is 0. The molecule has 0 aromatic carbocycles. The molecule has 7 heteroatoms. The molecular weight excluding hydrogens is 302 g/mol. The molecule has 0 aliphatic heterocycles. The van der Waals surface area contributed by atoms with Crippen LogP contribution in [0.2, 0.25) is 0 Å². The van der Waals surface area contributed by atoms with E-state index in [1.54, 1.807) is 31.6 Å². The molecule has 2 rings (SSSR count). The first-order chi connectivity index (χ1) is 10.4. The van der Waals surface area contributed by atoms with Gasteiger partial charge in [0.15, 0.2) is 0 Å². The summed E-state index contributed by atoms with van der Waals surface area (Å²) in [6.07, 6.45) is 7.44. The SMILES string of the molecule is CN(CC(O)c1cccnc1)S(=O)(=O)N(C)C1CCCCC1. The van der Waals surface area contributed by atoms with Crippen LogP contribution in [0.15, 0.2) is 24.5 Å². The Morgan fingerprint density at radius 3 is 2.59 bits per heavy atom. The summed E-state index contributed by atoms with van der Waals surface area (Å²) >= 11 is 0. The minimum Gasteiger partial charge on any atom is -0.387 e. The first-order valence-corrected chi connectivity index (χ1v) is 9.10. The molecule has 1 unspecified atom stereocenters. The second-order valence-electron chi connectivity index (χ2n) is 5.90. The van der Waals surface area contributed by atoms with Gasteiger partial charge in [-0.2, -0.15) is 17.0 Å². The topological polar surface area (TPSA) is 73.7 Å². The summed E-state index contributed by atoms with van der Waals surface area (Å²) in [6, 6.07) is 3.53. The highest BCUT2D eigenvalue weighted by Gasteiger charge is 2.31. The lowest BCUT2D eigenvalue weighted by Crippen LogP contribution is -2.46. The lowest BCUT2D eigenvalue weighted by Gasteiger charge is -2.33. The summed E-state index contributed by atoms with van der Waals surface area (Å²) in [5, 5.41) is 10.2. The first-order valence-electron chi connectivity index (χ1n) is 7.70. The lowest BCUT2D eigenvalue weighted by atomic mass is 9.96. The Morgan fingerprint density at radius 1 is 1.32 bits per heavy atom. The largest absolute Gasteiger partial charge is 0.387 e.